The van der Waals surface area contributed by atoms with Crippen molar-refractivity contribution < 1.29 is 18.8 Å². The first kappa shape index (κ1) is 18.6. The van der Waals surface area contributed by atoms with E-state index in [0.29, 0.717) is 29.9 Å². The van der Waals surface area contributed by atoms with Gasteiger partial charge < -0.3 is 14.2 Å². The standard InChI is InChI=1S/C21H22N2O4/c1-3-23(4-2)21(25)20(15-10-6-5-7-11-15)26-19(24)14-17-16-12-8-9-13-18(16)27-22-17/h5-13,20H,3-4,14H2,1-2H3/t20-/m1/s1. The summed E-state index contributed by atoms with van der Waals surface area (Å²) < 4.78 is 10.8. The van der Waals surface area contributed by atoms with Gasteiger partial charge in [-0.3, -0.25) is 9.59 Å². The third-order valence-electron chi connectivity index (χ3n) is 4.41. The molecule has 1 heterocycles. The molecule has 0 N–H and O–H groups in total. The van der Waals surface area contributed by atoms with Crippen LogP contribution in [0.1, 0.15) is 31.2 Å². The number of hydrogen-bond donors (Lipinski definition) is 0. The number of fused-ring (bicyclic) bond motifs is 1. The zero-order chi connectivity index (χ0) is 19.2. The molecule has 3 rings (SSSR count). The number of nitrogens with zero attached hydrogens (tertiary/aromatic N) is 2. The summed E-state index contributed by atoms with van der Waals surface area (Å²) in [5.41, 5.74) is 1.75. The topological polar surface area (TPSA) is 72.6 Å². The van der Waals surface area contributed by atoms with Gasteiger partial charge in [-0.15, -0.1) is 0 Å². The molecule has 0 aliphatic heterocycles. The lowest BCUT2D eigenvalue weighted by molar-refractivity contribution is -0.160. The van der Waals surface area contributed by atoms with Crippen molar-refractivity contribution in [3.8, 4) is 0 Å². The molecule has 140 valence electrons. The molecule has 0 fully saturated rings. The lowest BCUT2D eigenvalue weighted by atomic mass is 10.1. The summed E-state index contributed by atoms with van der Waals surface area (Å²) in [4.78, 5) is 27.1. The van der Waals surface area contributed by atoms with Crippen molar-refractivity contribution in [2.24, 2.45) is 0 Å². The summed E-state index contributed by atoms with van der Waals surface area (Å²) in [6.45, 7) is 4.88. The van der Waals surface area contributed by atoms with Crippen LogP contribution in [-0.4, -0.2) is 35.0 Å². The summed E-state index contributed by atoms with van der Waals surface area (Å²) in [6.07, 6.45) is -1.04. The maximum atomic E-state index is 12.9. The first-order valence-electron chi connectivity index (χ1n) is 9.00. The van der Waals surface area contributed by atoms with Crippen molar-refractivity contribution in [3.05, 3.63) is 65.9 Å². The van der Waals surface area contributed by atoms with Crippen LogP contribution in [0.15, 0.2) is 59.1 Å². The second-order valence-electron chi connectivity index (χ2n) is 6.09. The van der Waals surface area contributed by atoms with Gasteiger partial charge in [0.25, 0.3) is 5.91 Å². The highest BCUT2D eigenvalue weighted by molar-refractivity contribution is 5.87. The number of likely N-dealkylation sites (N-methyl/N-ethyl adjacent to an activating group) is 1. The number of carbonyl (C=O) groups excluding carboxylic acids is 2. The average Bonchev–Trinajstić information content (AvgIpc) is 3.10. The van der Waals surface area contributed by atoms with Gasteiger partial charge in [0.2, 0.25) is 6.10 Å². The van der Waals surface area contributed by atoms with Crippen molar-refractivity contribution in [2.45, 2.75) is 26.4 Å². The van der Waals surface area contributed by atoms with Crippen molar-refractivity contribution in [1.29, 1.82) is 0 Å². The van der Waals surface area contributed by atoms with E-state index in [4.69, 9.17) is 9.26 Å². The molecule has 1 amide bonds. The maximum absolute atomic E-state index is 12.9. The molecule has 0 bridgehead atoms. The van der Waals surface area contributed by atoms with E-state index in [1.165, 1.54) is 0 Å². The van der Waals surface area contributed by atoms with Gasteiger partial charge in [-0.1, -0.05) is 47.6 Å². The van der Waals surface area contributed by atoms with Crippen LogP contribution in [0.2, 0.25) is 0 Å². The monoisotopic (exact) mass is 366 g/mol. The van der Waals surface area contributed by atoms with Crippen LogP contribution in [-0.2, 0) is 20.7 Å². The quantitative estimate of drug-likeness (QED) is 0.598. The van der Waals surface area contributed by atoms with E-state index in [1.54, 1.807) is 23.1 Å². The van der Waals surface area contributed by atoms with E-state index in [-0.39, 0.29) is 12.3 Å². The minimum atomic E-state index is -0.975. The fourth-order valence-corrected chi connectivity index (χ4v) is 2.97. The largest absolute Gasteiger partial charge is 0.447 e. The number of ether oxygens (including phenoxy) is 1. The predicted octanol–water partition coefficient (Wildman–Crippen LogP) is 3.52. The molecule has 1 atom stereocenters. The van der Waals surface area contributed by atoms with Crippen LogP contribution in [0.5, 0.6) is 0 Å². The number of amides is 1. The predicted molar refractivity (Wildman–Crippen MR) is 101 cm³/mol. The van der Waals surface area contributed by atoms with E-state index in [2.05, 4.69) is 5.16 Å². The summed E-state index contributed by atoms with van der Waals surface area (Å²) in [5, 5.41) is 4.72. The number of aromatic nitrogens is 1. The van der Waals surface area contributed by atoms with Gasteiger partial charge in [0.1, 0.15) is 5.69 Å². The molecule has 0 aliphatic rings. The summed E-state index contributed by atoms with van der Waals surface area (Å²) in [7, 11) is 0. The Labute approximate surface area is 157 Å². The smallest absolute Gasteiger partial charge is 0.313 e. The Morgan fingerprint density at radius 1 is 1.04 bits per heavy atom. The molecular formula is C21H22N2O4. The molecule has 2 aromatic carbocycles. The molecule has 0 aliphatic carbocycles. The zero-order valence-corrected chi connectivity index (χ0v) is 15.4. The number of hydrogen-bond acceptors (Lipinski definition) is 5. The normalized spacial score (nSPS) is 11.9. The molecule has 3 aromatic rings. The fourth-order valence-electron chi connectivity index (χ4n) is 2.97. The first-order valence-corrected chi connectivity index (χ1v) is 9.00. The molecule has 27 heavy (non-hydrogen) atoms. The molecule has 6 heteroatoms. The zero-order valence-electron chi connectivity index (χ0n) is 15.4. The summed E-state index contributed by atoms with van der Waals surface area (Å²) in [6, 6.07) is 16.4. The summed E-state index contributed by atoms with van der Waals surface area (Å²) >= 11 is 0. The van der Waals surface area contributed by atoms with E-state index >= 15 is 0 Å². The van der Waals surface area contributed by atoms with E-state index in [0.717, 1.165) is 5.39 Å². The van der Waals surface area contributed by atoms with Gasteiger partial charge in [-0.2, -0.15) is 0 Å². The number of rotatable bonds is 7. The Balaban J connectivity index is 1.81. The Bertz CT molecular complexity index is 916. The van der Waals surface area contributed by atoms with Gasteiger partial charge in [-0.05, 0) is 26.0 Å². The lowest BCUT2D eigenvalue weighted by Gasteiger charge is -2.25. The lowest BCUT2D eigenvalue weighted by Crippen LogP contribution is -2.36. The Morgan fingerprint density at radius 2 is 1.70 bits per heavy atom. The number of carbonyl (C=O) groups is 2. The number of para-hydroxylation sites is 1. The SMILES string of the molecule is CCN(CC)C(=O)[C@H](OC(=O)Cc1noc2ccccc12)c1ccccc1. The van der Waals surface area contributed by atoms with Crippen LogP contribution in [0.3, 0.4) is 0 Å². The molecule has 6 nitrogen and oxygen atoms in total. The van der Waals surface area contributed by atoms with E-state index in [1.807, 2.05) is 50.2 Å². The van der Waals surface area contributed by atoms with Crippen molar-refractivity contribution in [3.63, 3.8) is 0 Å². The fraction of sp³-hybridized carbons (Fsp3) is 0.286. The Kier molecular flexibility index (Phi) is 5.86. The molecule has 0 saturated heterocycles. The molecule has 1 aromatic heterocycles. The first-order chi connectivity index (χ1) is 13.1. The van der Waals surface area contributed by atoms with Crippen molar-refractivity contribution in [1.82, 2.24) is 10.1 Å². The Morgan fingerprint density at radius 3 is 2.41 bits per heavy atom. The van der Waals surface area contributed by atoms with Crippen LogP contribution < -0.4 is 0 Å². The summed E-state index contributed by atoms with van der Waals surface area (Å²) in [5.74, 6) is -0.757. The minimum Gasteiger partial charge on any atom is -0.447 e. The highest BCUT2D eigenvalue weighted by Gasteiger charge is 2.28. The second kappa shape index (κ2) is 8.49. The molecule has 0 saturated carbocycles. The van der Waals surface area contributed by atoms with E-state index in [9.17, 15) is 9.59 Å². The molecular weight excluding hydrogens is 344 g/mol. The highest BCUT2D eigenvalue weighted by Crippen LogP contribution is 2.23. The number of benzene rings is 2. The van der Waals surface area contributed by atoms with Gasteiger partial charge >= 0.3 is 5.97 Å². The average molecular weight is 366 g/mol. The molecule has 0 unspecified atom stereocenters. The van der Waals surface area contributed by atoms with Crippen molar-refractivity contribution >= 4 is 22.8 Å². The van der Waals surface area contributed by atoms with Crippen LogP contribution in [0.25, 0.3) is 11.0 Å². The second-order valence-corrected chi connectivity index (χ2v) is 6.09. The minimum absolute atomic E-state index is 0.0636. The van der Waals surface area contributed by atoms with Crippen LogP contribution in [0, 0.1) is 0 Å². The highest BCUT2D eigenvalue weighted by atomic mass is 16.5. The number of esters is 1. The van der Waals surface area contributed by atoms with Crippen molar-refractivity contribution in [2.75, 3.05) is 13.1 Å². The van der Waals surface area contributed by atoms with Crippen LogP contribution >= 0.6 is 0 Å². The third kappa shape index (κ3) is 4.16. The molecule has 0 spiro atoms. The van der Waals surface area contributed by atoms with Crippen LogP contribution in [0.4, 0.5) is 0 Å². The van der Waals surface area contributed by atoms with E-state index < -0.39 is 12.1 Å². The van der Waals surface area contributed by atoms with Gasteiger partial charge in [0.15, 0.2) is 5.58 Å². The van der Waals surface area contributed by atoms with Gasteiger partial charge in [0.05, 0.1) is 6.42 Å². The molecule has 0 radical (unpaired) electrons. The maximum Gasteiger partial charge on any atom is 0.313 e. The van der Waals surface area contributed by atoms with Gasteiger partial charge in [-0.25, -0.2) is 0 Å². The third-order valence-corrected chi connectivity index (χ3v) is 4.41. The Hall–Kier alpha value is -3.15. The van der Waals surface area contributed by atoms with Gasteiger partial charge in [0, 0.05) is 24.0 Å².